The molecule has 1 atom stereocenters. The van der Waals surface area contributed by atoms with Crippen LogP contribution >= 0.6 is 0 Å². The first-order valence-corrected chi connectivity index (χ1v) is 7.11. The predicted octanol–water partition coefficient (Wildman–Crippen LogP) is 2.43. The van der Waals surface area contributed by atoms with Gasteiger partial charge in [0.2, 0.25) is 5.91 Å². The lowest BCUT2D eigenvalue weighted by Gasteiger charge is -2.00. The molecule has 2 rings (SSSR count). The lowest BCUT2D eigenvalue weighted by atomic mass is 10.1. The molecule has 1 unspecified atom stereocenters. The van der Waals surface area contributed by atoms with Crippen LogP contribution in [0.4, 0.5) is 0 Å². The van der Waals surface area contributed by atoms with Gasteiger partial charge in [-0.2, -0.15) is 0 Å². The van der Waals surface area contributed by atoms with Gasteiger partial charge in [0.25, 0.3) is 0 Å². The first kappa shape index (κ1) is 15.7. The third-order valence-corrected chi connectivity index (χ3v) is 3.35. The van der Waals surface area contributed by atoms with Gasteiger partial charge in [0.15, 0.2) is 0 Å². The van der Waals surface area contributed by atoms with Gasteiger partial charge in [-0.3, -0.25) is 4.79 Å². The Labute approximate surface area is 116 Å². The minimum atomic E-state index is 0.0978. The summed E-state index contributed by atoms with van der Waals surface area (Å²) in [5, 5.41) is 5.93. The van der Waals surface area contributed by atoms with E-state index in [9.17, 15) is 4.79 Å². The maximum absolute atomic E-state index is 10.9. The van der Waals surface area contributed by atoms with Crippen LogP contribution in [-0.4, -0.2) is 25.5 Å². The van der Waals surface area contributed by atoms with Gasteiger partial charge < -0.3 is 10.6 Å². The highest BCUT2D eigenvalue weighted by atomic mass is 16.1. The zero-order valence-electron chi connectivity index (χ0n) is 12.3. The Balaban J connectivity index is 0.000000250. The molecule has 0 bridgehead atoms. The van der Waals surface area contributed by atoms with Gasteiger partial charge in [-0.05, 0) is 45.2 Å². The topological polar surface area (TPSA) is 41.1 Å². The molecule has 1 aliphatic rings. The molecule has 1 amide bonds. The predicted molar refractivity (Wildman–Crippen MR) is 80.3 cm³/mol. The Morgan fingerprint density at radius 1 is 1.37 bits per heavy atom. The maximum atomic E-state index is 10.9. The summed E-state index contributed by atoms with van der Waals surface area (Å²) in [7, 11) is 1.66. The molecule has 1 fully saturated rings. The van der Waals surface area contributed by atoms with Crippen molar-refractivity contribution in [2.75, 3.05) is 13.6 Å². The largest absolute Gasteiger partial charge is 0.359 e. The molecule has 0 aliphatic carbocycles. The van der Waals surface area contributed by atoms with Crippen LogP contribution in [0.1, 0.15) is 37.3 Å². The van der Waals surface area contributed by atoms with E-state index in [0.29, 0.717) is 6.42 Å². The molecule has 3 nitrogen and oxygen atoms in total. The van der Waals surface area contributed by atoms with E-state index in [1.165, 1.54) is 30.5 Å². The minimum Gasteiger partial charge on any atom is -0.359 e. The van der Waals surface area contributed by atoms with Gasteiger partial charge in [0.1, 0.15) is 0 Å². The van der Waals surface area contributed by atoms with Crippen LogP contribution in [0, 0.1) is 6.92 Å². The van der Waals surface area contributed by atoms with Crippen LogP contribution in [0.5, 0.6) is 0 Å². The van der Waals surface area contributed by atoms with Crippen molar-refractivity contribution in [3.05, 3.63) is 35.4 Å². The van der Waals surface area contributed by atoms with Crippen LogP contribution in [0.15, 0.2) is 24.3 Å². The van der Waals surface area contributed by atoms with E-state index in [0.717, 1.165) is 12.5 Å². The molecule has 1 aromatic rings. The van der Waals surface area contributed by atoms with Crippen LogP contribution in [-0.2, 0) is 11.2 Å². The van der Waals surface area contributed by atoms with E-state index in [-0.39, 0.29) is 5.91 Å². The highest BCUT2D eigenvalue weighted by Gasteiger charge is 2.05. The fraction of sp³-hybridized carbons (Fsp3) is 0.562. The molecule has 0 spiro atoms. The second-order valence-electron chi connectivity index (χ2n) is 5.16. The molecule has 106 valence electrons. The van der Waals surface area contributed by atoms with Crippen molar-refractivity contribution in [3.63, 3.8) is 0 Å². The van der Waals surface area contributed by atoms with Crippen molar-refractivity contribution in [1.82, 2.24) is 10.6 Å². The van der Waals surface area contributed by atoms with Crippen molar-refractivity contribution < 1.29 is 4.79 Å². The molecule has 19 heavy (non-hydrogen) atoms. The molecule has 2 N–H and O–H groups in total. The van der Waals surface area contributed by atoms with Gasteiger partial charge in [-0.1, -0.05) is 29.8 Å². The van der Waals surface area contributed by atoms with E-state index in [1.807, 2.05) is 0 Å². The Morgan fingerprint density at radius 2 is 2.05 bits per heavy atom. The Morgan fingerprint density at radius 3 is 2.47 bits per heavy atom. The standard InChI is InChI=1S/C11H15NO.C5H11N/c1-9-3-5-10(6-4-9)7-8-11(13)12-2;1-5-3-2-4-6-5/h3-6H,7-8H2,1-2H3,(H,12,13);5-6H,2-4H2,1H3. The van der Waals surface area contributed by atoms with Crippen LogP contribution in [0.25, 0.3) is 0 Å². The smallest absolute Gasteiger partial charge is 0.220 e. The number of amides is 1. The molecule has 0 radical (unpaired) electrons. The normalized spacial score (nSPS) is 17.5. The summed E-state index contributed by atoms with van der Waals surface area (Å²) in [5.74, 6) is 0.0978. The monoisotopic (exact) mass is 262 g/mol. The molecule has 1 aromatic carbocycles. The molecular weight excluding hydrogens is 236 g/mol. The molecule has 3 heteroatoms. The molecular formula is C16H26N2O. The highest BCUT2D eigenvalue weighted by Crippen LogP contribution is 2.05. The quantitative estimate of drug-likeness (QED) is 0.878. The molecule has 1 saturated heterocycles. The summed E-state index contributed by atoms with van der Waals surface area (Å²) in [6, 6.07) is 9.07. The fourth-order valence-electron chi connectivity index (χ4n) is 2.00. The second kappa shape index (κ2) is 8.70. The summed E-state index contributed by atoms with van der Waals surface area (Å²) in [6.07, 6.45) is 4.14. The Kier molecular flexibility index (Phi) is 7.19. The Hall–Kier alpha value is -1.35. The third-order valence-electron chi connectivity index (χ3n) is 3.35. The number of nitrogens with one attached hydrogen (secondary N) is 2. The second-order valence-corrected chi connectivity index (χ2v) is 5.16. The summed E-state index contributed by atoms with van der Waals surface area (Å²) < 4.78 is 0. The van der Waals surface area contributed by atoms with Gasteiger partial charge >= 0.3 is 0 Å². The lowest BCUT2D eigenvalue weighted by Crippen LogP contribution is -2.17. The first-order chi connectivity index (χ1) is 9.11. The number of carbonyl (C=O) groups excluding carboxylic acids is 1. The molecule has 1 heterocycles. The number of rotatable bonds is 3. The fourth-order valence-corrected chi connectivity index (χ4v) is 2.00. The number of carbonyl (C=O) groups is 1. The number of aryl methyl sites for hydroxylation is 2. The van der Waals surface area contributed by atoms with E-state index < -0.39 is 0 Å². The van der Waals surface area contributed by atoms with E-state index in [4.69, 9.17) is 0 Å². The highest BCUT2D eigenvalue weighted by molar-refractivity contribution is 5.75. The van der Waals surface area contributed by atoms with Crippen molar-refractivity contribution in [1.29, 1.82) is 0 Å². The summed E-state index contributed by atoms with van der Waals surface area (Å²) >= 11 is 0. The summed E-state index contributed by atoms with van der Waals surface area (Å²) in [5.41, 5.74) is 2.47. The van der Waals surface area contributed by atoms with Crippen LogP contribution in [0.3, 0.4) is 0 Å². The lowest BCUT2D eigenvalue weighted by molar-refractivity contribution is -0.120. The molecule has 0 saturated carbocycles. The average molecular weight is 262 g/mol. The number of hydrogen-bond acceptors (Lipinski definition) is 2. The summed E-state index contributed by atoms with van der Waals surface area (Å²) in [4.78, 5) is 10.9. The summed E-state index contributed by atoms with van der Waals surface area (Å²) in [6.45, 7) is 5.52. The third kappa shape index (κ3) is 6.97. The van der Waals surface area contributed by atoms with Gasteiger partial charge in [0, 0.05) is 19.5 Å². The van der Waals surface area contributed by atoms with Crippen LogP contribution < -0.4 is 10.6 Å². The van der Waals surface area contributed by atoms with Crippen molar-refractivity contribution in [2.24, 2.45) is 0 Å². The number of benzene rings is 1. The van der Waals surface area contributed by atoms with E-state index in [2.05, 4.69) is 48.7 Å². The van der Waals surface area contributed by atoms with Crippen LogP contribution in [0.2, 0.25) is 0 Å². The Bertz CT molecular complexity index is 367. The van der Waals surface area contributed by atoms with E-state index >= 15 is 0 Å². The maximum Gasteiger partial charge on any atom is 0.220 e. The van der Waals surface area contributed by atoms with E-state index in [1.54, 1.807) is 7.05 Å². The zero-order chi connectivity index (χ0) is 14.1. The van der Waals surface area contributed by atoms with Gasteiger partial charge in [-0.25, -0.2) is 0 Å². The van der Waals surface area contributed by atoms with Gasteiger partial charge in [0.05, 0.1) is 0 Å². The molecule has 1 aliphatic heterocycles. The number of hydrogen-bond donors (Lipinski definition) is 2. The zero-order valence-corrected chi connectivity index (χ0v) is 12.3. The molecule has 0 aromatic heterocycles. The first-order valence-electron chi connectivity index (χ1n) is 7.11. The van der Waals surface area contributed by atoms with Crippen molar-refractivity contribution in [2.45, 2.75) is 45.6 Å². The SMILES string of the molecule is CC1CCCN1.CNC(=O)CCc1ccc(C)cc1. The van der Waals surface area contributed by atoms with Crippen molar-refractivity contribution >= 4 is 5.91 Å². The van der Waals surface area contributed by atoms with Gasteiger partial charge in [-0.15, -0.1) is 0 Å². The average Bonchev–Trinajstić information content (AvgIpc) is 2.89. The minimum absolute atomic E-state index is 0.0978. The van der Waals surface area contributed by atoms with Crippen molar-refractivity contribution in [3.8, 4) is 0 Å².